The molecule has 1 aromatic carbocycles. The molecule has 1 aliphatic carbocycles. The van der Waals surface area contributed by atoms with E-state index in [2.05, 4.69) is 0 Å². The van der Waals surface area contributed by atoms with Crippen LogP contribution >= 0.6 is 0 Å². The third-order valence-corrected chi connectivity index (χ3v) is 6.06. The van der Waals surface area contributed by atoms with Gasteiger partial charge < -0.3 is 42.8 Å². The Morgan fingerprint density at radius 2 is 1.83 bits per heavy atom. The van der Waals surface area contributed by atoms with Crippen LogP contribution in [0.5, 0.6) is 0 Å². The Hall–Kier alpha value is -3.37. The molecule has 1 amide bonds. The molecule has 0 saturated heterocycles. The summed E-state index contributed by atoms with van der Waals surface area (Å²) in [4.78, 5) is 48.4. The Balaban J connectivity index is 0.00000456. The predicted molar refractivity (Wildman–Crippen MR) is 123 cm³/mol. The number of fused-ring (bicyclic) bond motifs is 1. The van der Waals surface area contributed by atoms with Crippen LogP contribution in [0.25, 0.3) is 0 Å². The SMILES string of the molecule is COC(=O)C1=CO[C@@H](OC(=O)[C@@H](N)CC(N)=O)[C@@H]2C(COC(=O)[C@@H](C)Cc3ccccc3)=CC[C@H]12.[Cl-]. The lowest BCUT2D eigenvalue weighted by Crippen LogP contribution is -3.00. The van der Waals surface area contributed by atoms with Gasteiger partial charge in [-0.2, -0.15) is 0 Å². The topological polar surface area (TPSA) is 157 Å². The van der Waals surface area contributed by atoms with Gasteiger partial charge in [-0.15, -0.1) is 0 Å². The molecular weight excluding hydrogens is 492 g/mol. The van der Waals surface area contributed by atoms with Gasteiger partial charge in [0.2, 0.25) is 5.91 Å². The molecule has 0 fully saturated rings. The number of nitrogens with two attached hydrogens (primary N) is 2. The van der Waals surface area contributed by atoms with E-state index in [0.717, 1.165) is 5.56 Å². The van der Waals surface area contributed by atoms with Crippen LogP contribution in [-0.2, 0) is 44.5 Å². The number of esters is 3. The van der Waals surface area contributed by atoms with Gasteiger partial charge >= 0.3 is 17.9 Å². The van der Waals surface area contributed by atoms with E-state index >= 15 is 0 Å². The minimum absolute atomic E-state index is 0. The average molecular weight is 522 g/mol. The van der Waals surface area contributed by atoms with Crippen molar-refractivity contribution in [3.05, 3.63) is 59.4 Å². The number of hydrogen-bond acceptors (Lipinski definition) is 9. The van der Waals surface area contributed by atoms with E-state index in [4.69, 9.17) is 30.4 Å². The van der Waals surface area contributed by atoms with Gasteiger partial charge in [0.1, 0.15) is 12.6 Å². The molecule has 0 radical (unpaired) electrons. The van der Waals surface area contributed by atoms with Crippen molar-refractivity contribution < 1.29 is 50.5 Å². The van der Waals surface area contributed by atoms with Crippen molar-refractivity contribution in [2.75, 3.05) is 13.7 Å². The molecule has 0 saturated carbocycles. The van der Waals surface area contributed by atoms with Crippen molar-refractivity contribution in [2.45, 2.75) is 38.5 Å². The lowest BCUT2D eigenvalue weighted by atomic mass is 9.83. The standard InChI is InChI=1S/C25H30N2O8.ClH/c1-14(10-15-6-4-3-5-7-15)22(29)33-12-16-8-9-17-18(23(30)32-2)13-34-25(21(16)17)35-24(31)19(26)11-20(27)28;/h3-8,13-14,17,19,21,25H,9-12,26H2,1-2H3,(H2,27,28);1H/p-1/t14-,17+,19-,21+,25-;/m0./s1. The highest BCUT2D eigenvalue weighted by Crippen LogP contribution is 2.44. The summed E-state index contributed by atoms with van der Waals surface area (Å²) in [6, 6.07) is 8.34. The van der Waals surface area contributed by atoms with Gasteiger partial charge in [0.15, 0.2) is 0 Å². The van der Waals surface area contributed by atoms with E-state index in [1.165, 1.54) is 13.4 Å². The van der Waals surface area contributed by atoms with E-state index in [-0.39, 0.29) is 42.9 Å². The molecule has 36 heavy (non-hydrogen) atoms. The number of carbonyl (C=O) groups excluding carboxylic acids is 4. The zero-order valence-electron chi connectivity index (χ0n) is 20.1. The highest BCUT2D eigenvalue weighted by Gasteiger charge is 2.46. The Kier molecular flexibility index (Phi) is 10.5. The highest BCUT2D eigenvalue weighted by molar-refractivity contribution is 5.89. The first-order valence-electron chi connectivity index (χ1n) is 11.3. The monoisotopic (exact) mass is 521 g/mol. The number of carbonyl (C=O) groups is 4. The second kappa shape index (κ2) is 13.1. The zero-order chi connectivity index (χ0) is 25.5. The normalized spacial score (nSPS) is 21.8. The molecule has 2 aliphatic rings. The predicted octanol–water partition coefficient (Wildman–Crippen LogP) is -1.87. The maximum Gasteiger partial charge on any atom is 0.337 e. The van der Waals surface area contributed by atoms with Crippen LogP contribution < -0.4 is 23.9 Å². The minimum Gasteiger partial charge on any atom is -1.00 e. The molecule has 0 aromatic heterocycles. The van der Waals surface area contributed by atoms with Crippen molar-refractivity contribution in [1.29, 1.82) is 0 Å². The number of halogens is 1. The molecule has 5 atom stereocenters. The van der Waals surface area contributed by atoms with Crippen LogP contribution in [0, 0.1) is 17.8 Å². The second-order valence-corrected chi connectivity index (χ2v) is 8.63. The number of allylic oxidation sites excluding steroid dienone is 1. The number of methoxy groups -OCH3 is 1. The second-order valence-electron chi connectivity index (χ2n) is 8.63. The highest BCUT2D eigenvalue weighted by atomic mass is 35.5. The largest absolute Gasteiger partial charge is 1.00 e. The minimum atomic E-state index is -1.26. The van der Waals surface area contributed by atoms with Gasteiger partial charge in [-0.05, 0) is 24.0 Å². The molecule has 0 unspecified atom stereocenters. The van der Waals surface area contributed by atoms with E-state index in [9.17, 15) is 19.2 Å². The van der Waals surface area contributed by atoms with Crippen molar-refractivity contribution in [3.63, 3.8) is 0 Å². The van der Waals surface area contributed by atoms with Gasteiger partial charge in [-0.1, -0.05) is 43.3 Å². The molecule has 0 spiro atoms. The Bertz CT molecular complexity index is 1030. The molecule has 11 heteroatoms. The summed E-state index contributed by atoms with van der Waals surface area (Å²) in [6.07, 6.45) is 2.48. The summed E-state index contributed by atoms with van der Waals surface area (Å²) in [7, 11) is 1.26. The van der Waals surface area contributed by atoms with Crippen LogP contribution in [0.1, 0.15) is 25.3 Å². The molecule has 4 N–H and O–H groups in total. The lowest BCUT2D eigenvalue weighted by Gasteiger charge is -2.34. The molecule has 10 nitrogen and oxygen atoms in total. The number of rotatable bonds is 10. The van der Waals surface area contributed by atoms with Crippen LogP contribution in [0.2, 0.25) is 0 Å². The average Bonchev–Trinajstić information content (AvgIpc) is 3.26. The van der Waals surface area contributed by atoms with Crippen molar-refractivity contribution in [2.24, 2.45) is 29.2 Å². The van der Waals surface area contributed by atoms with Gasteiger partial charge in [-0.25, -0.2) is 4.79 Å². The molecule has 1 aliphatic heterocycles. The number of hydrogen-bond donors (Lipinski definition) is 2. The summed E-state index contributed by atoms with van der Waals surface area (Å²) in [5.41, 5.74) is 12.7. The lowest BCUT2D eigenvalue weighted by molar-refractivity contribution is -0.184. The number of amides is 1. The molecule has 196 valence electrons. The maximum absolute atomic E-state index is 12.6. The fourth-order valence-corrected chi connectivity index (χ4v) is 4.24. The Morgan fingerprint density at radius 3 is 2.47 bits per heavy atom. The fraction of sp³-hybridized carbons (Fsp3) is 0.440. The number of primary amides is 1. The third kappa shape index (κ3) is 7.08. The first kappa shape index (κ1) is 28.9. The van der Waals surface area contributed by atoms with Crippen molar-refractivity contribution in [3.8, 4) is 0 Å². The summed E-state index contributed by atoms with van der Waals surface area (Å²) >= 11 is 0. The number of benzene rings is 1. The Morgan fingerprint density at radius 1 is 1.14 bits per heavy atom. The van der Waals surface area contributed by atoms with E-state index in [1.54, 1.807) is 6.92 Å². The van der Waals surface area contributed by atoms with Crippen LogP contribution in [0.15, 0.2) is 53.8 Å². The maximum atomic E-state index is 12.6. The van der Waals surface area contributed by atoms with Crippen molar-refractivity contribution >= 4 is 23.8 Å². The van der Waals surface area contributed by atoms with Gasteiger partial charge in [0.05, 0.1) is 37.2 Å². The quantitative estimate of drug-likeness (QED) is 0.204. The van der Waals surface area contributed by atoms with Gasteiger partial charge in [-0.3, -0.25) is 14.4 Å². The van der Waals surface area contributed by atoms with E-state index in [0.29, 0.717) is 18.4 Å². The zero-order valence-corrected chi connectivity index (χ0v) is 20.8. The van der Waals surface area contributed by atoms with Gasteiger partial charge in [0.25, 0.3) is 6.29 Å². The third-order valence-electron chi connectivity index (χ3n) is 6.06. The first-order chi connectivity index (χ1) is 16.7. The molecule has 0 bridgehead atoms. The number of ether oxygens (including phenoxy) is 4. The summed E-state index contributed by atoms with van der Waals surface area (Å²) < 4.78 is 21.4. The van der Waals surface area contributed by atoms with E-state index < -0.39 is 42.0 Å². The molecule has 3 rings (SSSR count). The summed E-state index contributed by atoms with van der Waals surface area (Å²) in [6.45, 7) is 1.73. The van der Waals surface area contributed by atoms with Crippen molar-refractivity contribution in [1.82, 2.24) is 0 Å². The van der Waals surface area contributed by atoms with Crippen LogP contribution in [0.3, 0.4) is 0 Å². The summed E-state index contributed by atoms with van der Waals surface area (Å²) in [5.74, 6) is -3.95. The van der Waals surface area contributed by atoms with Crippen LogP contribution in [-0.4, -0.2) is 49.9 Å². The van der Waals surface area contributed by atoms with E-state index in [1.807, 2.05) is 36.4 Å². The Labute approximate surface area is 215 Å². The summed E-state index contributed by atoms with van der Waals surface area (Å²) in [5, 5.41) is 0. The molecule has 1 aromatic rings. The fourth-order valence-electron chi connectivity index (χ4n) is 4.24. The van der Waals surface area contributed by atoms with Gasteiger partial charge in [0, 0.05) is 5.92 Å². The molecule has 1 heterocycles. The van der Waals surface area contributed by atoms with Crippen LogP contribution in [0.4, 0.5) is 0 Å². The smallest absolute Gasteiger partial charge is 0.337 e. The molecular formula is C25H30ClN2O8-. The first-order valence-corrected chi connectivity index (χ1v) is 11.3.